The Bertz CT molecular complexity index is 951. The van der Waals surface area contributed by atoms with Crippen molar-refractivity contribution >= 4 is 22.8 Å². The zero-order chi connectivity index (χ0) is 18.1. The topological polar surface area (TPSA) is 91.2 Å². The number of likely N-dealkylation sites (tertiary alicyclic amines) is 1. The van der Waals surface area contributed by atoms with Crippen LogP contribution in [0.2, 0.25) is 0 Å². The number of amides is 2. The Morgan fingerprint density at radius 3 is 2.77 bits per heavy atom. The van der Waals surface area contributed by atoms with Crippen LogP contribution in [-0.2, 0) is 0 Å². The van der Waals surface area contributed by atoms with E-state index in [4.69, 9.17) is 4.42 Å². The van der Waals surface area contributed by atoms with Crippen LogP contribution >= 0.6 is 0 Å². The molecule has 7 heteroatoms. The van der Waals surface area contributed by atoms with Crippen LogP contribution in [-0.4, -0.2) is 45.8 Å². The van der Waals surface area contributed by atoms with Gasteiger partial charge in [0.1, 0.15) is 5.76 Å². The summed E-state index contributed by atoms with van der Waals surface area (Å²) >= 11 is 0. The van der Waals surface area contributed by atoms with Gasteiger partial charge < -0.3 is 19.6 Å². The Balaban J connectivity index is 1.35. The highest BCUT2D eigenvalue weighted by Crippen LogP contribution is 2.18. The molecule has 3 heterocycles. The first-order chi connectivity index (χ1) is 12.6. The molecular formula is C19H20N4O3. The predicted octanol–water partition coefficient (Wildman–Crippen LogP) is 2.50. The molecule has 7 nitrogen and oxygen atoms in total. The van der Waals surface area contributed by atoms with Gasteiger partial charge in [0.15, 0.2) is 5.76 Å². The third-order valence-electron chi connectivity index (χ3n) is 4.75. The Hall–Kier alpha value is -3.09. The Labute approximate surface area is 150 Å². The van der Waals surface area contributed by atoms with Gasteiger partial charge in [-0.1, -0.05) is 0 Å². The lowest BCUT2D eigenvalue weighted by atomic mass is 10.0. The number of hydrogen-bond donors (Lipinski definition) is 2. The molecule has 1 fully saturated rings. The fourth-order valence-electron chi connectivity index (χ4n) is 3.29. The van der Waals surface area contributed by atoms with Gasteiger partial charge in [-0.2, -0.15) is 0 Å². The molecule has 0 bridgehead atoms. The molecule has 0 saturated carbocycles. The van der Waals surface area contributed by atoms with Crippen molar-refractivity contribution in [3.8, 4) is 0 Å². The van der Waals surface area contributed by atoms with E-state index in [1.807, 2.05) is 24.0 Å². The van der Waals surface area contributed by atoms with E-state index in [1.165, 1.54) is 0 Å². The van der Waals surface area contributed by atoms with E-state index < -0.39 is 0 Å². The lowest BCUT2D eigenvalue weighted by molar-refractivity contribution is 0.0695. The number of furan rings is 1. The molecular weight excluding hydrogens is 332 g/mol. The highest BCUT2D eigenvalue weighted by molar-refractivity contribution is 5.97. The van der Waals surface area contributed by atoms with Crippen molar-refractivity contribution in [1.82, 2.24) is 20.2 Å². The lowest BCUT2D eigenvalue weighted by Crippen LogP contribution is -2.46. The fraction of sp³-hybridized carbons (Fsp3) is 0.316. The number of carbonyl (C=O) groups excluding carboxylic acids is 2. The molecule has 134 valence electrons. The number of nitrogens with one attached hydrogen (secondary N) is 2. The summed E-state index contributed by atoms with van der Waals surface area (Å²) in [5.41, 5.74) is 2.35. The average Bonchev–Trinajstić information content (AvgIpc) is 3.29. The number of aromatic amines is 1. The number of H-pyrrole nitrogens is 1. The maximum absolute atomic E-state index is 12.7. The van der Waals surface area contributed by atoms with Crippen LogP contribution < -0.4 is 5.32 Å². The van der Waals surface area contributed by atoms with Crippen molar-refractivity contribution in [3.05, 3.63) is 53.7 Å². The molecule has 0 unspecified atom stereocenters. The highest BCUT2D eigenvalue weighted by Gasteiger charge is 2.25. The van der Waals surface area contributed by atoms with Crippen molar-refractivity contribution in [2.45, 2.75) is 25.8 Å². The van der Waals surface area contributed by atoms with E-state index in [0.717, 1.165) is 23.9 Å². The number of piperidine rings is 1. The van der Waals surface area contributed by atoms with Crippen LogP contribution in [0.4, 0.5) is 0 Å². The second kappa shape index (κ2) is 6.67. The van der Waals surface area contributed by atoms with Crippen molar-refractivity contribution in [2.75, 3.05) is 13.1 Å². The largest absolute Gasteiger partial charge is 0.456 e. The van der Waals surface area contributed by atoms with Crippen LogP contribution in [0.15, 0.2) is 41.1 Å². The minimum absolute atomic E-state index is 0.00735. The summed E-state index contributed by atoms with van der Waals surface area (Å²) in [4.78, 5) is 33.9. The molecule has 2 amide bonds. The molecule has 0 spiro atoms. The average molecular weight is 352 g/mol. The molecule has 1 aromatic carbocycles. The monoisotopic (exact) mass is 352 g/mol. The first kappa shape index (κ1) is 16.4. The molecule has 4 rings (SSSR count). The van der Waals surface area contributed by atoms with E-state index in [2.05, 4.69) is 15.3 Å². The first-order valence-corrected chi connectivity index (χ1v) is 8.70. The highest BCUT2D eigenvalue weighted by atomic mass is 16.3. The summed E-state index contributed by atoms with van der Waals surface area (Å²) in [6, 6.07) is 8.97. The van der Waals surface area contributed by atoms with E-state index in [-0.39, 0.29) is 17.9 Å². The fourth-order valence-corrected chi connectivity index (χ4v) is 3.29. The molecule has 0 atom stereocenters. The van der Waals surface area contributed by atoms with Gasteiger partial charge in [-0.15, -0.1) is 0 Å². The van der Waals surface area contributed by atoms with Crippen molar-refractivity contribution in [2.24, 2.45) is 0 Å². The molecule has 2 N–H and O–H groups in total. The zero-order valence-corrected chi connectivity index (χ0v) is 14.5. The smallest absolute Gasteiger partial charge is 0.287 e. The molecule has 26 heavy (non-hydrogen) atoms. The summed E-state index contributed by atoms with van der Waals surface area (Å²) < 4.78 is 5.35. The van der Waals surface area contributed by atoms with Crippen LogP contribution in [0.25, 0.3) is 11.0 Å². The molecule has 1 aliphatic rings. The Kier molecular flexibility index (Phi) is 4.20. The van der Waals surface area contributed by atoms with E-state index in [9.17, 15) is 9.59 Å². The van der Waals surface area contributed by atoms with Gasteiger partial charge in [0.05, 0.1) is 17.4 Å². The van der Waals surface area contributed by atoms with Crippen molar-refractivity contribution < 1.29 is 14.0 Å². The maximum Gasteiger partial charge on any atom is 0.287 e. The summed E-state index contributed by atoms with van der Waals surface area (Å²) in [7, 11) is 0. The number of benzene rings is 1. The Morgan fingerprint density at radius 2 is 2.04 bits per heavy atom. The van der Waals surface area contributed by atoms with Gasteiger partial charge >= 0.3 is 0 Å². The number of nitrogens with zero attached hydrogens (tertiary/aromatic N) is 2. The van der Waals surface area contributed by atoms with E-state index in [1.54, 1.807) is 24.5 Å². The SMILES string of the molecule is Cc1ccc(C(=O)NC2CCN(C(=O)c3ccc4nc[nH]c4c3)CC2)o1. The van der Waals surface area contributed by atoms with Crippen molar-refractivity contribution in [3.63, 3.8) is 0 Å². The molecule has 0 aliphatic carbocycles. The summed E-state index contributed by atoms with van der Waals surface area (Å²) in [6.45, 7) is 3.03. The molecule has 3 aromatic rings. The molecule has 0 radical (unpaired) electrons. The van der Waals surface area contributed by atoms with Gasteiger partial charge in [-0.3, -0.25) is 9.59 Å². The maximum atomic E-state index is 12.7. The van der Waals surface area contributed by atoms with Crippen LogP contribution in [0, 0.1) is 6.92 Å². The van der Waals surface area contributed by atoms with Gasteiger partial charge in [-0.25, -0.2) is 4.98 Å². The Morgan fingerprint density at radius 1 is 1.23 bits per heavy atom. The minimum Gasteiger partial charge on any atom is -0.456 e. The van der Waals surface area contributed by atoms with Crippen LogP contribution in [0.3, 0.4) is 0 Å². The number of rotatable bonds is 3. The molecule has 1 aliphatic heterocycles. The van der Waals surface area contributed by atoms with E-state index in [0.29, 0.717) is 30.2 Å². The standard InChI is InChI=1S/C19H20N4O3/c1-12-2-5-17(26-12)18(24)22-14-6-8-23(9-7-14)19(25)13-3-4-15-16(10-13)21-11-20-15/h2-5,10-11,14H,6-9H2,1H3,(H,20,21)(H,22,24). The van der Waals surface area contributed by atoms with Crippen molar-refractivity contribution in [1.29, 1.82) is 0 Å². The van der Waals surface area contributed by atoms with E-state index >= 15 is 0 Å². The minimum atomic E-state index is -0.201. The quantitative estimate of drug-likeness (QED) is 0.758. The summed E-state index contributed by atoms with van der Waals surface area (Å²) in [5.74, 6) is 0.846. The van der Waals surface area contributed by atoms with Crippen LogP contribution in [0.1, 0.15) is 39.5 Å². The normalized spacial score (nSPS) is 15.3. The van der Waals surface area contributed by atoms with Gasteiger partial charge in [-0.05, 0) is 50.1 Å². The van der Waals surface area contributed by atoms with Gasteiger partial charge in [0.2, 0.25) is 0 Å². The second-order valence-electron chi connectivity index (χ2n) is 6.58. The number of aryl methyl sites for hydroxylation is 1. The first-order valence-electron chi connectivity index (χ1n) is 8.70. The number of carbonyl (C=O) groups is 2. The molecule has 1 saturated heterocycles. The molecule has 2 aromatic heterocycles. The number of imidazole rings is 1. The number of hydrogen-bond acceptors (Lipinski definition) is 4. The third-order valence-corrected chi connectivity index (χ3v) is 4.75. The van der Waals surface area contributed by atoms with Crippen LogP contribution in [0.5, 0.6) is 0 Å². The summed E-state index contributed by atoms with van der Waals surface area (Å²) in [6.07, 6.45) is 3.07. The number of fused-ring (bicyclic) bond motifs is 1. The second-order valence-corrected chi connectivity index (χ2v) is 6.58. The van der Waals surface area contributed by atoms with Gasteiger partial charge in [0.25, 0.3) is 11.8 Å². The van der Waals surface area contributed by atoms with Gasteiger partial charge in [0, 0.05) is 24.7 Å². The third kappa shape index (κ3) is 3.20. The summed E-state index contributed by atoms with van der Waals surface area (Å²) in [5, 5.41) is 2.98. The zero-order valence-electron chi connectivity index (χ0n) is 14.5. The predicted molar refractivity (Wildman–Crippen MR) is 95.9 cm³/mol. The lowest BCUT2D eigenvalue weighted by Gasteiger charge is -2.32. The number of aromatic nitrogens is 2.